The molecule has 2 fully saturated rings. The Balaban J connectivity index is 1.98. The lowest BCUT2D eigenvalue weighted by molar-refractivity contribution is -0.174. The maximum atomic E-state index is 13.1. The van der Waals surface area contributed by atoms with Crippen molar-refractivity contribution in [3.05, 3.63) is 24.3 Å². The van der Waals surface area contributed by atoms with Gasteiger partial charge in [0.15, 0.2) is 0 Å². The third-order valence-electron chi connectivity index (χ3n) is 6.64. The van der Waals surface area contributed by atoms with Crippen LogP contribution in [0.3, 0.4) is 0 Å². The van der Waals surface area contributed by atoms with E-state index >= 15 is 0 Å². The summed E-state index contributed by atoms with van der Waals surface area (Å²) < 4.78 is 25.7. The third-order valence-corrected chi connectivity index (χ3v) is 6.64. The summed E-state index contributed by atoms with van der Waals surface area (Å²) in [5.41, 5.74) is 0.382. The summed E-state index contributed by atoms with van der Waals surface area (Å²) in [5, 5.41) is 9.60. The van der Waals surface area contributed by atoms with Crippen molar-refractivity contribution in [3.63, 3.8) is 0 Å². The molecule has 0 spiro atoms. The fourth-order valence-corrected chi connectivity index (χ4v) is 4.62. The van der Waals surface area contributed by atoms with Gasteiger partial charge in [0.25, 0.3) is 0 Å². The van der Waals surface area contributed by atoms with Gasteiger partial charge in [-0.25, -0.2) is 9.59 Å². The second-order valence-corrected chi connectivity index (χ2v) is 9.69. The zero-order valence-electron chi connectivity index (χ0n) is 22.3. The van der Waals surface area contributed by atoms with Crippen LogP contribution in [0.5, 0.6) is 0 Å². The molecule has 0 aromatic heterocycles. The highest BCUT2D eigenvalue weighted by Gasteiger charge is 2.49. The second kappa shape index (κ2) is 15.0. The lowest BCUT2D eigenvalue weighted by atomic mass is 9.79. The predicted molar refractivity (Wildman–Crippen MR) is 133 cm³/mol. The number of carbonyl (C=O) groups excluding carboxylic acids is 5. The van der Waals surface area contributed by atoms with Gasteiger partial charge in [0.05, 0.1) is 17.8 Å². The Morgan fingerprint density at radius 2 is 1.10 bits per heavy atom. The fourth-order valence-electron chi connectivity index (χ4n) is 4.62. The van der Waals surface area contributed by atoms with Crippen molar-refractivity contribution < 1.29 is 57.6 Å². The lowest BCUT2D eigenvalue weighted by Crippen LogP contribution is -2.40. The van der Waals surface area contributed by atoms with Gasteiger partial charge < -0.3 is 28.8 Å². The van der Waals surface area contributed by atoms with Gasteiger partial charge in [-0.3, -0.25) is 19.2 Å². The highest BCUT2D eigenvalue weighted by molar-refractivity contribution is 5.87. The van der Waals surface area contributed by atoms with Gasteiger partial charge in [0, 0.05) is 11.1 Å². The van der Waals surface area contributed by atoms with Crippen LogP contribution in [-0.4, -0.2) is 73.5 Å². The molecule has 0 saturated heterocycles. The maximum absolute atomic E-state index is 13.1. The lowest BCUT2D eigenvalue weighted by Gasteiger charge is -2.30. The first-order valence-electron chi connectivity index (χ1n) is 12.9. The largest absolute Gasteiger partial charge is 0.481 e. The van der Waals surface area contributed by atoms with Crippen molar-refractivity contribution in [2.45, 2.75) is 58.5 Å². The minimum Gasteiger partial charge on any atom is -0.481 e. The van der Waals surface area contributed by atoms with Crippen LogP contribution >= 0.6 is 0 Å². The quantitative estimate of drug-likeness (QED) is 0.153. The van der Waals surface area contributed by atoms with Crippen LogP contribution in [0, 0.1) is 23.7 Å². The van der Waals surface area contributed by atoms with Gasteiger partial charge in [-0.1, -0.05) is 26.0 Å². The minimum atomic E-state index is -1.25. The first kappa shape index (κ1) is 31.5. The van der Waals surface area contributed by atoms with E-state index in [4.69, 9.17) is 23.7 Å². The van der Waals surface area contributed by atoms with E-state index in [1.807, 2.05) is 0 Å². The first-order valence-corrected chi connectivity index (χ1v) is 12.9. The number of ether oxygens (including phenoxy) is 5. The zero-order chi connectivity index (χ0) is 29.1. The SMILES string of the molecule is C=C(C)C(=O)OCCOC(=O)C1CCCCC1C(=O)OC1CCC(C(=O)O)C1C(=O)OCCOC(=O)C(=C)C. The fraction of sp³-hybridized carbons (Fsp3) is 0.630. The predicted octanol–water partition coefficient (Wildman–Crippen LogP) is 2.14. The Bertz CT molecular complexity index is 983. The molecule has 12 nitrogen and oxygen atoms in total. The summed E-state index contributed by atoms with van der Waals surface area (Å²) in [6, 6.07) is 0. The summed E-state index contributed by atoms with van der Waals surface area (Å²) in [7, 11) is 0. The molecule has 0 bridgehead atoms. The van der Waals surface area contributed by atoms with Crippen LogP contribution in [0.1, 0.15) is 52.4 Å². The molecule has 5 unspecified atom stereocenters. The number of hydrogen-bond acceptors (Lipinski definition) is 11. The van der Waals surface area contributed by atoms with Crippen LogP contribution in [0.4, 0.5) is 0 Å². The van der Waals surface area contributed by atoms with Gasteiger partial charge in [-0.05, 0) is 39.5 Å². The van der Waals surface area contributed by atoms with Gasteiger partial charge in [-0.2, -0.15) is 0 Å². The molecule has 2 aliphatic rings. The highest BCUT2D eigenvalue weighted by atomic mass is 16.6. The summed E-state index contributed by atoms with van der Waals surface area (Å²) in [6.07, 6.45) is 1.30. The van der Waals surface area contributed by atoms with E-state index in [9.17, 15) is 33.9 Å². The van der Waals surface area contributed by atoms with Crippen molar-refractivity contribution in [2.24, 2.45) is 23.7 Å². The summed E-state index contributed by atoms with van der Waals surface area (Å²) in [5.74, 6) is -8.70. The number of hydrogen-bond donors (Lipinski definition) is 1. The number of esters is 5. The smallest absolute Gasteiger partial charge is 0.333 e. The Hall–Kier alpha value is -3.70. The average Bonchev–Trinajstić information content (AvgIpc) is 3.32. The number of carboxylic acids is 1. The Morgan fingerprint density at radius 3 is 1.59 bits per heavy atom. The van der Waals surface area contributed by atoms with Crippen molar-refractivity contribution in [3.8, 4) is 0 Å². The molecule has 2 rings (SSSR count). The van der Waals surface area contributed by atoms with Gasteiger partial charge >= 0.3 is 35.8 Å². The van der Waals surface area contributed by atoms with Gasteiger partial charge in [0.2, 0.25) is 0 Å². The van der Waals surface area contributed by atoms with Crippen LogP contribution in [0.2, 0.25) is 0 Å². The van der Waals surface area contributed by atoms with E-state index < -0.39 is 65.6 Å². The van der Waals surface area contributed by atoms with Crippen molar-refractivity contribution >= 4 is 35.8 Å². The molecular weight excluding hydrogens is 516 g/mol. The zero-order valence-corrected chi connectivity index (χ0v) is 22.3. The molecule has 5 atom stereocenters. The molecule has 0 radical (unpaired) electrons. The van der Waals surface area contributed by atoms with E-state index in [1.54, 1.807) is 0 Å². The molecule has 2 aliphatic carbocycles. The first-order chi connectivity index (χ1) is 18.4. The number of carbonyl (C=O) groups is 6. The molecule has 1 N–H and O–H groups in total. The minimum absolute atomic E-state index is 0.0940. The van der Waals surface area contributed by atoms with Crippen LogP contribution < -0.4 is 0 Å². The topological polar surface area (TPSA) is 169 Å². The Labute approximate surface area is 226 Å². The van der Waals surface area contributed by atoms with Crippen LogP contribution in [0.15, 0.2) is 24.3 Å². The summed E-state index contributed by atoms with van der Waals surface area (Å²) in [6.45, 7) is 8.95. The third kappa shape index (κ3) is 9.22. The number of aliphatic carboxylic acids is 1. The molecule has 12 heteroatoms. The molecule has 0 heterocycles. The summed E-state index contributed by atoms with van der Waals surface area (Å²) >= 11 is 0. The van der Waals surface area contributed by atoms with E-state index in [1.165, 1.54) is 13.8 Å². The van der Waals surface area contributed by atoms with Crippen molar-refractivity contribution in [1.29, 1.82) is 0 Å². The molecular formula is C27H36O12. The van der Waals surface area contributed by atoms with Crippen LogP contribution in [0.25, 0.3) is 0 Å². The summed E-state index contributed by atoms with van der Waals surface area (Å²) in [4.78, 5) is 73.3. The van der Waals surface area contributed by atoms with Crippen LogP contribution in [-0.2, 0) is 52.5 Å². The maximum Gasteiger partial charge on any atom is 0.333 e. The normalized spacial score (nSPS) is 24.1. The van der Waals surface area contributed by atoms with E-state index in [0.717, 1.165) is 0 Å². The average molecular weight is 553 g/mol. The molecule has 2 saturated carbocycles. The molecule has 0 aliphatic heterocycles. The van der Waals surface area contributed by atoms with Gasteiger partial charge in [0.1, 0.15) is 38.4 Å². The number of carboxylic acid groups (broad SMARTS) is 1. The monoisotopic (exact) mass is 552 g/mol. The van der Waals surface area contributed by atoms with E-state index in [-0.39, 0.29) is 50.4 Å². The van der Waals surface area contributed by atoms with E-state index in [2.05, 4.69) is 13.2 Å². The standard InChI is InChI=1S/C27H36O12/c1-15(2)23(30)35-11-13-37-25(32)17-7-5-6-8-18(17)26(33)39-20-10-9-19(22(28)29)21(20)27(34)38-14-12-36-24(31)16(3)4/h17-21H,1,3,5-14H2,2,4H3,(H,28,29). The Morgan fingerprint density at radius 1 is 0.641 bits per heavy atom. The van der Waals surface area contributed by atoms with E-state index in [0.29, 0.717) is 25.7 Å². The molecule has 0 aromatic carbocycles. The van der Waals surface area contributed by atoms with Gasteiger partial charge in [-0.15, -0.1) is 0 Å². The molecule has 0 aromatic rings. The van der Waals surface area contributed by atoms with Crippen molar-refractivity contribution in [2.75, 3.05) is 26.4 Å². The molecule has 39 heavy (non-hydrogen) atoms. The Kier molecular flexibility index (Phi) is 12.1. The second-order valence-electron chi connectivity index (χ2n) is 9.69. The number of rotatable bonds is 13. The van der Waals surface area contributed by atoms with Crippen molar-refractivity contribution in [1.82, 2.24) is 0 Å². The highest BCUT2D eigenvalue weighted by Crippen LogP contribution is 2.38. The molecule has 216 valence electrons. The molecule has 0 amide bonds.